The maximum absolute atomic E-state index is 12.5. The predicted octanol–water partition coefficient (Wildman–Crippen LogP) is -0.154. The molecule has 2 aromatic heterocycles. The summed E-state index contributed by atoms with van der Waals surface area (Å²) < 4.78 is 3.81. The smallest absolute Gasteiger partial charge is 0.332 e. The second kappa shape index (κ2) is 5.79. The lowest BCUT2D eigenvalue weighted by Crippen LogP contribution is -2.37. The number of hydrogen-bond acceptors (Lipinski definition) is 5. The summed E-state index contributed by atoms with van der Waals surface area (Å²) in [6.07, 6.45) is 0. The summed E-state index contributed by atoms with van der Waals surface area (Å²) >= 11 is 0. The van der Waals surface area contributed by atoms with Gasteiger partial charge in [0.15, 0.2) is 11.2 Å². The van der Waals surface area contributed by atoms with Crippen LogP contribution in [0.3, 0.4) is 0 Å². The third-order valence-electron chi connectivity index (χ3n) is 4.03. The highest BCUT2D eigenvalue weighted by Crippen LogP contribution is 2.16. The lowest BCUT2D eigenvalue weighted by Gasteiger charge is -2.10. The number of rotatable bonds is 3. The number of nitrogens with zero attached hydrogens (tertiary/aromatic N) is 5. The van der Waals surface area contributed by atoms with Gasteiger partial charge in [-0.05, 0) is 11.6 Å². The van der Waals surface area contributed by atoms with Gasteiger partial charge in [0.05, 0.1) is 18.2 Å². The van der Waals surface area contributed by atoms with E-state index in [1.807, 2.05) is 0 Å². The molecular formula is C16H15N5O3. The highest BCUT2D eigenvalue weighted by atomic mass is 16.3. The Morgan fingerprint density at radius 3 is 2.58 bits per heavy atom. The van der Waals surface area contributed by atoms with Crippen LogP contribution in [0.4, 0.5) is 0 Å². The maximum Gasteiger partial charge on any atom is 0.332 e. The van der Waals surface area contributed by atoms with Gasteiger partial charge in [0.25, 0.3) is 5.56 Å². The molecule has 0 amide bonds. The van der Waals surface area contributed by atoms with E-state index in [0.717, 1.165) is 4.57 Å². The minimum Gasteiger partial charge on any atom is -0.388 e. The molecule has 0 bridgehead atoms. The van der Waals surface area contributed by atoms with E-state index in [1.165, 1.54) is 18.7 Å². The van der Waals surface area contributed by atoms with Gasteiger partial charge in [0.1, 0.15) is 12.4 Å². The van der Waals surface area contributed by atoms with Crippen molar-refractivity contribution in [3.05, 3.63) is 62.1 Å². The molecule has 24 heavy (non-hydrogen) atoms. The van der Waals surface area contributed by atoms with Crippen molar-refractivity contribution < 1.29 is 5.11 Å². The molecule has 0 atom stereocenters. The van der Waals surface area contributed by atoms with Gasteiger partial charge in [-0.25, -0.2) is 9.78 Å². The fraction of sp³-hybridized carbons (Fsp3) is 0.250. The largest absolute Gasteiger partial charge is 0.388 e. The van der Waals surface area contributed by atoms with Crippen LogP contribution in [0.1, 0.15) is 17.0 Å². The summed E-state index contributed by atoms with van der Waals surface area (Å²) in [7, 11) is 2.91. The van der Waals surface area contributed by atoms with Crippen LogP contribution in [-0.2, 0) is 27.2 Å². The van der Waals surface area contributed by atoms with E-state index in [9.17, 15) is 20.0 Å². The van der Waals surface area contributed by atoms with Crippen LogP contribution in [0.15, 0.2) is 33.9 Å². The van der Waals surface area contributed by atoms with Crippen LogP contribution in [0, 0.1) is 11.3 Å². The average molecular weight is 325 g/mol. The van der Waals surface area contributed by atoms with Gasteiger partial charge in [-0.1, -0.05) is 18.2 Å². The molecular weight excluding hydrogens is 310 g/mol. The Hall–Kier alpha value is -3.18. The lowest BCUT2D eigenvalue weighted by molar-refractivity contribution is 0.267. The first-order valence-corrected chi connectivity index (χ1v) is 7.23. The molecule has 1 N–H and O–H groups in total. The summed E-state index contributed by atoms with van der Waals surface area (Å²) in [5.41, 5.74) is 0.626. The summed E-state index contributed by atoms with van der Waals surface area (Å²) in [6, 6.07) is 9.11. The minimum atomic E-state index is -0.491. The molecule has 122 valence electrons. The molecule has 0 aliphatic rings. The first-order chi connectivity index (χ1) is 11.5. The number of benzene rings is 1. The van der Waals surface area contributed by atoms with E-state index in [0.29, 0.717) is 11.1 Å². The van der Waals surface area contributed by atoms with Crippen molar-refractivity contribution in [3.8, 4) is 6.07 Å². The van der Waals surface area contributed by atoms with Crippen molar-refractivity contribution in [2.45, 2.75) is 13.2 Å². The Kier molecular flexibility index (Phi) is 3.79. The third-order valence-corrected chi connectivity index (χ3v) is 4.03. The van der Waals surface area contributed by atoms with Gasteiger partial charge >= 0.3 is 5.69 Å². The fourth-order valence-electron chi connectivity index (χ4n) is 2.72. The van der Waals surface area contributed by atoms with Gasteiger partial charge in [-0.15, -0.1) is 0 Å². The number of aryl methyl sites for hydroxylation is 1. The summed E-state index contributed by atoms with van der Waals surface area (Å²) in [5, 5.41) is 18.8. The van der Waals surface area contributed by atoms with E-state index >= 15 is 0 Å². The Bertz CT molecular complexity index is 1100. The van der Waals surface area contributed by atoms with Crippen molar-refractivity contribution in [3.63, 3.8) is 0 Å². The zero-order valence-electron chi connectivity index (χ0n) is 13.2. The van der Waals surface area contributed by atoms with Crippen LogP contribution in [-0.4, -0.2) is 23.8 Å². The number of aromatic nitrogens is 4. The topological polar surface area (TPSA) is 106 Å². The van der Waals surface area contributed by atoms with Gasteiger partial charge in [0, 0.05) is 14.1 Å². The first-order valence-electron chi connectivity index (χ1n) is 7.23. The molecule has 0 aliphatic carbocycles. The quantitative estimate of drug-likeness (QED) is 0.720. The molecule has 8 nitrogen and oxygen atoms in total. The standard InChI is InChI=1S/C16H15N5O3/c1-19-14-13(15(23)20(2)16(19)24)21(12(9-22)18-14)8-11-6-4-3-5-10(11)7-17/h3-6,22H,8-9H2,1-2H3. The van der Waals surface area contributed by atoms with Gasteiger partial charge in [0.2, 0.25) is 0 Å². The van der Waals surface area contributed by atoms with E-state index in [2.05, 4.69) is 11.1 Å². The first kappa shape index (κ1) is 15.7. The zero-order valence-corrected chi connectivity index (χ0v) is 13.2. The van der Waals surface area contributed by atoms with Gasteiger partial charge in [-0.3, -0.25) is 13.9 Å². The number of imidazole rings is 1. The van der Waals surface area contributed by atoms with Gasteiger partial charge < -0.3 is 9.67 Å². The summed E-state index contributed by atoms with van der Waals surface area (Å²) in [6.45, 7) is -0.190. The molecule has 2 heterocycles. The van der Waals surface area contributed by atoms with Crippen LogP contribution >= 0.6 is 0 Å². The SMILES string of the molecule is Cn1c(=O)c2c(nc(CO)n2Cc2ccccc2C#N)n(C)c1=O. The molecule has 3 rings (SSSR count). The molecule has 0 saturated carbocycles. The number of nitriles is 1. The maximum atomic E-state index is 12.5. The number of fused-ring (bicyclic) bond motifs is 1. The van der Waals surface area contributed by atoms with Crippen LogP contribution in [0.2, 0.25) is 0 Å². The number of hydrogen-bond donors (Lipinski definition) is 1. The Balaban J connectivity index is 2.34. The molecule has 0 spiro atoms. The van der Waals surface area contributed by atoms with Crippen LogP contribution in [0.25, 0.3) is 11.2 Å². The monoisotopic (exact) mass is 325 g/mol. The van der Waals surface area contributed by atoms with Crippen LogP contribution in [0.5, 0.6) is 0 Å². The second-order valence-corrected chi connectivity index (χ2v) is 5.42. The normalized spacial score (nSPS) is 10.9. The Morgan fingerprint density at radius 2 is 1.92 bits per heavy atom. The fourth-order valence-corrected chi connectivity index (χ4v) is 2.72. The average Bonchev–Trinajstić information content (AvgIpc) is 2.97. The van der Waals surface area contributed by atoms with E-state index in [4.69, 9.17) is 0 Å². The number of aliphatic hydroxyl groups excluding tert-OH is 1. The van der Waals surface area contributed by atoms with E-state index < -0.39 is 11.2 Å². The predicted molar refractivity (Wildman–Crippen MR) is 86.4 cm³/mol. The van der Waals surface area contributed by atoms with Crippen molar-refractivity contribution >= 4 is 11.2 Å². The highest BCUT2D eigenvalue weighted by Gasteiger charge is 2.19. The molecule has 0 saturated heterocycles. The molecule has 0 fully saturated rings. The third kappa shape index (κ3) is 2.23. The Morgan fingerprint density at radius 1 is 1.21 bits per heavy atom. The van der Waals surface area contributed by atoms with Crippen molar-refractivity contribution in [2.24, 2.45) is 14.1 Å². The molecule has 1 aromatic carbocycles. The van der Waals surface area contributed by atoms with Crippen LogP contribution < -0.4 is 11.2 Å². The van der Waals surface area contributed by atoms with E-state index in [-0.39, 0.29) is 30.1 Å². The number of aliphatic hydroxyl groups is 1. The summed E-state index contributed by atoms with van der Waals surface area (Å²) in [4.78, 5) is 28.8. The van der Waals surface area contributed by atoms with Crippen molar-refractivity contribution in [2.75, 3.05) is 0 Å². The minimum absolute atomic E-state index is 0.198. The van der Waals surface area contributed by atoms with Gasteiger partial charge in [-0.2, -0.15) is 5.26 Å². The molecule has 0 unspecified atom stereocenters. The van der Waals surface area contributed by atoms with Crippen molar-refractivity contribution in [1.29, 1.82) is 5.26 Å². The molecule has 0 aliphatic heterocycles. The Labute approximate surface area is 136 Å². The zero-order chi connectivity index (χ0) is 17.4. The molecule has 0 radical (unpaired) electrons. The van der Waals surface area contributed by atoms with E-state index in [1.54, 1.807) is 28.8 Å². The highest BCUT2D eigenvalue weighted by molar-refractivity contribution is 5.71. The molecule has 8 heteroatoms. The summed E-state index contributed by atoms with van der Waals surface area (Å²) in [5.74, 6) is 0.260. The van der Waals surface area contributed by atoms with Crippen molar-refractivity contribution in [1.82, 2.24) is 18.7 Å². The molecule has 3 aromatic rings. The second-order valence-electron chi connectivity index (χ2n) is 5.42. The lowest BCUT2D eigenvalue weighted by atomic mass is 10.1.